The van der Waals surface area contributed by atoms with Gasteiger partial charge < -0.3 is 15.6 Å². The Bertz CT molecular complexity index is 589. The lowest BCUT2D eigenvalue weighted by atomic mass is 10.1. The van der Waals surface area contributed by atoms with Gasteiger partial charge in [-0.1, -0.05) is 0 Å². The predicted octanol–water partition coefficient (Wildman–Crippen LogP) is 2.54. The van der Waals surface area contributed by atoms with Crippen LogP contribution in [0.25, 0.3) is 0 Å². The lowest BCUT2D eigenvalue weighted by Gasteiger charge is -2.16. The standard InChI is InChI=1S/C15H20N4O/c1-10(2)19-9-13(16)8-14(19)15(20)18-11(3)12-4-6-17-7-5-12/h4-11H,16H2,1-3H3,(H,18,20). The Labute approximate surface area is 118 Å². The average molecular weight is 272 g/mol. The van der Waals surface area contributed by atoms with Crippen LogP contribution >= 0.6 is 0 Å². The van der Waals surface area contributed by atoms with E-state index in [1.54, 1.807) is 24.7 Å². The van der Waals surface area contributed by atoms with Crippen LogP contribution in [0.4, 0.5) is 5.69 Å². The summed E-state index contributed by atoms with van der Waals surface area (Å²) in [6.07, 6.45) is 5.22. The van der Waals surface area contributed by atoms with E-state index in [4.69, 9.17) is 5.73 Å². The van der Waals surface area contributed by atoms with Crippen LogP contribution in [0.5, 0.6) is 0 Å². The molecule has 0 aliphatic carbocycles. The number of nitrogens with zero attached hydrogens (tertiary/aromatic N) is 2. The van der Waals surface area contributed by atoms with Crippen molar-refractivity contribution in [3.63, 3.8) is 0 Å². The Kier molecular flexibility index (Phi) is 4.08. The fourth-order valence-electron chi connectivity index (χ4n) is 2.12. The number of carbonyl (C=O) groups excluding carboxylic acids is 1. The van der Waals surface area contributed by atoms with Crippen molar-refractivity contribution >= 4 is 11.6 Å². The molecule has 2 aromatic rings. The van der Waals surface area contributed by atoms with E-state index in [0.717, 1.165) is 5.56 Å². The van der Waals surface area contributed by atoms with E-state index in [2.05, 4.69) is 10.3 Å². The maximum Gasteiger partial charge on any atom is 0.268 e. The summed E-state index contributed by atoms with van der Waals surface area (Å²) in [6.45, 7) is 5.98. The summed E-state index contributed by atoms with van der Waals surface area (Å²) in [5, 5.41) is 2.98. The van der Waals surface area contributed by atoms with Gasteiger partial charge in [0.25, 0.3) is 5.91 Å². The number of aromatic nitrogens is 2. The van der Waals surface area contributed by atoms with Crippen molar-refractivity contribution in [1.29, 1.82) is 0 Å². The lowest BCUT2D eigenvalue weighted by molar-refractivity contribution is 0.0929. The first-order valence-corrected chi connectivity index (χ1v) is 6.67. The van der Waals surface area contributed by atoms with Crippen LogP contribution in [0.15, 0.2) is 36.8 Å². The number of nitrogens with two attached hydrogens (primary N) is 1. The minimum absolute atomic E-state index is 0.0813. The van der Waals surface area contributed by atoms with Gasteiger partial charge >= 0.3 is 0 Å². The van der Waals surface area contributed by atoms with Crippen LogP contribution in [0, 0.1) is 0 Å². The maximum atomic E-state index is 12.4. The number of rotatable bonds is 4. The minimum Gasteiger partial charge on any atom is -0.397 e. The van der Waals surface area contributed by atoms with E-state index in [0.29, 0.717) is 11.4 Å². The van der Waals surface area contributed by atoms with Gasteiger partial charge in [-0.15, -0.1) is 0 Å². The summed E-state index contributed by atoms with van der Waals surface area (Å²) in [7, 11) is 0. The molecule has 0 fully saturated rings. The van der Waals surface area contributed by atoms with Crippen molar-refractivity contribution in [2.24, 2.45) is 0 Å². The topological polar surface area (TPSA) is 72.9 Å². The molecule has 20 heavy (non-hydrogen) atoms. The highest BCUT2D eigenvalue weighted by molar-refractivity contribution is 5.94. The van der Waals surface area contributed by atoms with Crippen molar-refractivity contribution in [3.8, 4) is 0 Å². The van der Waals surface area contributed by atoms with Crippen LogP contribution in [-0.4, -0.2) is 15.5 Å². The number of carbonyl (C=O) groups is 1. The van der Waals surface area contributed by atoms with Gasteiger partial charge in [0.2, 0.25) is 0 Å². The average Bonchev–Trinajstić information content (AvgIpc) is 2.82. The third kappa shape index (κ3) is 2.99. The predicted molar refractivity (Wildman–Crippen MR) is 79.3 cm³/mol. The molecule has 0 saturated heterocycles. The van der Waals surface area contributed by atoms with Crippen molar-refractivity contribution in [1.82, 2.24) is 14.9 Å². The first kappa shape index (κ1) is 14.1. The van der Waals surface area contributed by atoms with Crippen molar-refractivity contribution in [3.05, 3.63) is 48.0 Å². The molecule has 1 amide bonds. The number of hydrogen-bond donors (Lipinski definition) is 2. The van der Waals surface area contributed by atoms with Gasteiger partial charge in [0.1, 0.15) is 5.69 Å². The smallest absolute Gasteiger partial charge is 0.268 e. The molecule has 2 rings (SSSR count). The van der Waals surface area contributed by atoms with Gasteiger partial charge in [0, 0.05) is 24.6 Å². The highest BCUT2D eigenvalue weighted by Gasteiger charge is 2.17. The van der Waals surface area contributed by atoms with Crippen LogP contribution in [0.3, 0.4) is 0 Å². The number of anilines is 1. The van der Waals surface area contributed by atoms with Crippen LogP contribution in [-0.2, 0) is 0 Å². The molecular weight excluding hydrogens is 252 g/mol. The molecule has 0 radical (unpaired) electrons. The van der Waals surface area contributed by atoms with E-state index in [-0.39, 0.29) is 18.0 Å². The van der Waals surface area contributed by atoms with E-state index in [1.807, 2.05) is 37.5 Å². The van der Waals surface area contributed by atoms with Gasteiger partial charge in [0.15, 0.2) is 0 Å². The first-order valence-electron chi connectivity index (χ1n) is 6.67. The van der Waals surface area contributed by atoms with Gasteiger partial charge in [-0.05, 0) is 44.5 Å². The van der Waals surface area contributed by atoms with Crippen molar-refractivity contribution in [2.45, 2.75) is 32.9 Å². The summed E-state index contributed by atoms with van der Waals surface area (Å²) in [5.41, 5.74) is 7.98. The largest absolute Gasteiger partial charge is 0.397 e. The number of nitrogen functional groups attached to an aromatic ring is 1. The van der Waals surface area contributed by atoms with Gasteiger partial charge in [-0.2, -0.15) is 0 Å². The zero-order chi connectivity index (χ0) is 14.7. The fourth-order valence-corrected chi connectivity index (χ4v) is 2.12. The monoisotopic (exact) mass is 272 g/mol. The fraction of sp³-hybridized carbons (Fsp3) is 0.333. The molecular formula is C15H20N4O. The van der Waals surface area contributed by atoms with Gasteiger partial charge in [0.05, 0.1) is 11.7 Å². The van der Waals surface area contributed by atoms with Crippen LogP contribution in [0.1, 0.15) is 48.9 Å². The lowest BCUT2D eigenvalue weighted by Crippen LogP contribution is -2.28. The quantitative estimate of drug-likeness (QED) is 0.898. The zero-order valence-electron chi connectivity index (χ0n) is 12.0. The van der Waals surface area contributed by atoms with E-state index >= 15 is 0 Å². The van der Waals surface area contributed by atoms with E-state index < -0.39 is 0 Å². The summed E-state index contributed by atoms with van der Waals surface area (Å²) in [4.78, 5) is 16.3. The Morgan fingerprint density at radius 3 is 2.55 bits per heavy atom. The Balaban J connectivity index is 2.16. The van der Waals surface area contributed by atoms with Crippen molar-refractivity contribution in [2.75, 3.05) is 5.73 Å². The van der Waals surface area contributed by atoms with Crippen LogP contribution in [0.2, 0.25) is 0 Å². The minimum atomic E-state index is -0.125. The Hall–Kier alpha value is -2.30. The highest BCUT2D eigenvalue weighted by atomic mass is 16.2. The molecule has 0 aliphatic heterocycles. The second kappa shape index (κ2) is 5.77. The van der Waals surface area contributed by atoms with Gasteiger partial charge in [-0.3, -0.25) is 9.78 Å². The molecule has 0 aliphatic rings. The number of hydrogen-bond acceptors (Lipinski definition) is 3. The molecule has 2 aromatic heterocycles. The molecule has 0 saturated carbocycles. The molecule has 3 N–H and O–H groups in total. The molecule has 2 heterocycles. The molecule has 106 valence electrons. The van der Waals surface area contributed by atoms with Crippen LogP contribution < -0.4 is 11.1 Å². The number of amides is 1. The second-order valence-electron chi connectivity index (χ2n) is 5.14. The molecule has 0 spiro atoms. The summed E-state index contributed by atoms with van der Waals surface area (Å²) >= 11 is 0. The second-order valence-corrected chi connectivity index (χ2v) is 5.14. The molecule has 1 unspecified atom stereocenters. The highest BCUT2D eigenvalue weighted by Crippen LogP contribution is 2.18. The summed E-state index contributed by atoms with van der Waals surface area (Å²) < 4.78 is 1.88. The first-order chi connectivity index (χ1) is 9.49. The number of nitrogens with one attached hydrogen (secondary N) is 1. The summed E-state index contributed by atoms with van der Waals surface area (Å²) in [5.74, 6) is -0.125. The molecule has 5 heteroatoms. The molecule has 0 bridgehead atoms. The third-order valence-corrected chi connectivity index (χ3v) is 3.21. The number of pyridine rings is 1. The zero-order valence-corrected chi connectivity index (χ0v) is 12.0. The normalized spacial score (nSPS) is 12.4. The third-order valence-electron chi connectivity index (χ3n) is 3.21. The van der Waals surface area contributed by atoms with Crippen molar-refractivity contribution < 1.29 is 4.79 Å². The molecule has 5 nitrogen and oxygen atoms in total. The van der Waals surface area contributed by atoms with E-state index in [9.17, 15) is 4.79 Å². The maximum absolute atomic E-state index is 12.4. The molecule has 1 atom stereocenters. The van der Waals surface area contributed by atoms with E-state index in [1.165, 1.54) is 0 Å². The Morgan fingerprint density at radius 2 is 1.95 bits per heavy atom. The summed E-state index contributed by atoms with van der Waals surface area (Å²) in [6, 6.07) is 5.59. The SMILES string of the molecule is CC(NC(=O)c1cc(N)cn1C(C)C)c1ccncc1. The van der Waals surface area contributed by atoms with Gasteiger partial charge in [-0.25, -0.2) is 0 Å². The molecule has 0 aromatic carbocycles. The Morgan fingerprint density at radius 1 is 1.30 bits per heavy atom.